The summed E-state index contributed by atoms with van der Waals surface area (Å²) in [6, 6.07) is 11.5. The molecule has 3 amide bonds. The number of carbonyl (C=O) groups is 3. The van der Waals surface area contributed by atoms with Crippen LogP contribution in [0.5, 0.6) is 0 Å². The number of likely N-dealkylation sites (N-methyl/N-ethyl adjacent to an activating group) is 1. The number of halogens is 2. The van der Waals surface area contributed by atoms with Crippen molar-refractivity contribution >= 4 is 41.1 Å². The fourth-order valence-electron chi connectivity index (χ4n) is 4.54. The lowest BCUT2D eigenvalue weighted by Crippen LogP contribution is -2.53. The van der Waals surface area contributed by atoms with Gasteiger partial charge in [0.2, 0.25) is 0 Å². The second-order valence-electron chi connectivity index (χ2n) is 9.13. The van der Waals surface area contributed by atoms with Crippen molar-refractivity contribution < 1.29 is 19.1 Å². The topological polar surface area (TPSA) is 82.2 Å². The standard InChI is InChI=1S/C27H30Cl2N4O4/c1-4-37-26(35)23-22(31(3)27(36)30-24(23)19-9-10-20(28)21(29)15-19)16-32-11-13-33(14-12-32)25(34)18-7-5-17(2)6-8-18/h5-10,15,24H,4,11-14,16H2,1-3H3,(H,30,36). The Balaban J connectivity index is 1.57. The highest BCUT2D eigenvalue weighted by atomic mass is 35.5. The quantitative estimate of drug-likeness (QED) is 0.549. The van der Waals surface area contributed by atoms with Crippen molar-refractivity contribution in [2.45, 2.75) is 19.9 Å². The van der Waals surface area contributed by atoms with Crippen LogP contribution < -0.4 is 5.32 Å². The SMILES string of the molecule is CCOC(=O)C1=C(CN2CCN(C(=O)c3ccc(C)cc3)CC2)N(C)C(=O)NC1c1ccc(Cl)c(Cl)c1. The average Bonchev–Trinajstić information content (AvgIpc) is 2.89. The molecule has 8 nitrogen and oxygen atoms in total. The maximum Gasteiger partial charge on any atom is 0.338 e. The maximum atomic E-state index is 13.2. The number of piperazine rings is 1. The molecule has 1 fully saturated rings. The molecule has 1 N–H and O–H groups in total. The summed E-state index contributed by atoms with van der Waals surface area (Å²) in [6.45, 7) is 6.56. The largest absolute Gasteiger partial charge is 0.463 e. The van der Waals surface area contributed by atoms with Crippen LogP contribution in [0.2, 0.25) is 10.0 Å². The highest BCUT2D eigenvalue weighted by Gasteiger charge is 2.38. The van der Waals surface area contributed by atoms with Crippen molar-refractivity contribution in [3.8, 4) is 0 Å². The van der Waals surface area contributed by atoms with Crippen molar-refractivity contribution in [3.05, 3.63) is 80.5 Å². The maximum absolute atomic E-state index is 13.2. The summed E-state index contributed by atoms with van der Waals surface area (Å²) >= 11 is 12.3. The summed E-state index contributed by atoms with van der Waals surface area (Å²) in [5.74, 6) is -0.506. The van der Waals surface area contributed by atoms with Gasteiger partial charge >= 0.3 is 12.0 Å². The molecule has 0 aliphatic carbocycles. The molecule has 2 aromatic carbocycles. The molecule has 1 atom stereocenters. The predicted molar refractivity (Wildman–Crippen MR) is 143 cm³/mol. The molecule has 1 unspecified atom stereocenters. The Bertz CT molecular complexity index is 1220. The van der Waals surface area contributed by atoms with Gasteiger partial charge in [-0.25, -0.2) is 9.59 Å². The second-order valence-corrected chi connectivity index (χ2v) is 9.94. The van der Waals surface area contributed by atoms with Gasteiger partial charge in [-0.1, -0.05) is 47.0 Å². The molecular formula is C27H30Cl2N4O4. The lowest BCUT2D eigenvalue weighted by atomic mass is 9.94. The predicted octanol–water partition coefficient (Wildman–Crippen LogP) is 4.27. The number of nitrogens with zero attached hydrogens (tertiary/aromatic N) is 3. The third-order valence-corrected chi connectivity index (χ3v) is 7.42. The number of benzene rings is 2. The van der Waals surface area contributed by atoms with E-state index < -0.39 is 12.0 Å². The third-order valence-electron chi connectivity index (χ3n) is 6.68. The van der Waals surface area contributed by atoms with E-state index in [-0.39, 0.29) is 18.5 Å². The fraction of sp³-hybridized carbons (Fsp3) is 0.370. The van der Waals surface area contributed by atoms with Crippen molar-refractivity contribution in [1.29, 1.82) is 0 Å². The smallest absolute Gasteiger partial charge is 0.338 e. The van der Waals surface area contributed by atoms with Crippen LogP contribution in [0.4, 0.5) is 4.79 Å². The van der Waals surface area contributed by atoms with Crippen LogP contribution in [0, 0.1) is 6.92 Å². The van der Waals surface area contributed by atoms with Crippen molar-refractivity contribution in [1.82, 2.24) is 20.0 Å². The highest BCUT2D eigenvalue weighted by molar-refractivity contribution is 6.42. The molecule has 196 valence electrons. The average molecular weight is 545 g/mol. The highest BCUT2D eigenvalue weighted by Crippen LogP contribution is 2.34. The first kappa shape index (κ1) is 27.0. The number of amides is 3. The number of ether oxygens (including phenoxy) is 1. The zero-order chi connectivity index (χ0) is 26.7. The Kier molecular flexibility index (Phi) is 8.42. The minimum Gasteiger partial charge on any atom is -0.463 e. The molecule has 0 spiro atoms. The van der Waals surface area contributed by atoms with Gasteiger partial charge in [-0.3, -0.25) is 14.6 Å². The molecule has 37 heavy (non-hydrogen) atoms. The normalized spacial score (nSPS) is 18.6. The zero-order valence-corrected chi connectivity index (χ0v) is 22.6. The number of esters is 1. The summed E-state index contributed by atoms with van der Waals surface area (Å²) < 4.78 is 5.39. The van der Waals surface area contributed by atoms with E-state index in [4.69, 9.17) is 27.9 Å². The number of carbonyl (C=O) groups excluding carboxylic acids is 3. The fourth-order valence-corrected chi connectivity index (χ4v) is 4.85. The van der Waals surface area contributed by atoms with Gasteiger partial charge in [0.15, 0.2) is 0 Å². The monoisotopic (exact) mass is 544 g/mol. The molecule has 0 bridgehead atoms. The lowest BCUT2D eigenvalue weighted by Gasteiger charge is -2.39. The minimum atomic E-state index is -0.739. The van der Waals surface area contributed by atoms with E-state index in [0.29, 0.717) is 65.2 Å². The molecular weight excluding hydrogens is 515 g/mol. The molecule has 1 saturated heterocycles. The Morgan fingerprint density at radius 1 is 1.03 bits per heavy atom. The number of hydrogen-bond donors (Lipinski definition) is 1. The van der Waals surface area contributed by atoms with Gasteiger partial charge in [-0.05, 0) is 43.7 Å². The van der Waals surface area contributed by atoms with Crippen LogP contribution in [-0.4, -0.2) is 79.0 Å². The number of nitrogens with one attached hydrogen (secondary N) is 1. The molecule has 0 radical (unpaired) electrons. The molecule has 10 heteroatoms. The third kappa shape index (κ3) is 5.92. The summed E-state index contributed by atoms with van der Waals surface area (Å²) in [7, 11) is 1.63. The number of hydrogen-bond acceptors (Lipinski definition) is 5. The number of rotatable bonds is 6. The van der Waals surface area contributed by atoms with E-state index >= 15 is 0 Å². The molecule has 2 heterocycles. The molecule has 0 aromatic heterocycles. The van der Waals surface area contributed by atoms with Gasteiger partial charge in [0, 0.05) is 51.0 Å². The zero-order valence-electron chi connectivity index (χ0n) is 21.1. The van der Waals surface area contributed by atoms with E-state index in [1.807, 2.05) is 36.1 Å². The van der Waals surface area contributed by atoms with Crippen LogP contribution in [0.15, 0.2) is 53.7 Å². The van der Waals surface area contributed by atoms with Crippen LogP contribution >= 0.6 is 23.2 Å². The molecule has 2 aromatic rings. The first-order valence-corrected chi connectivity index (χ1v) is 12.9. The van der Waals surface area contributed by atoms with Gasteiger partial charge < -0.3 is 15.0 Å². The summed E-state index contributed by atoms with van der Waals surface area (Å²) in [5, 5.41) is 3.59. The van der Waals surface area contributed by atoms with E-state index in [1.54, 1.807) is 32.2 Å². The minimum absolute atomic E-state index is 0.0000727. The van der Waals surface area contributed by atoms with Gasteiger partial charge in [-0.2, -0.15) is 0 Å². The summed E-state index contributed by atoms with van der Waals surface area (Å²) in [6.07, 6.45) is 0. The molecule has 0 saturated carbocycles. The Labute approximate surface area is 226 Å². The lowest BCUT2D eigenvalue weighted by molar-refractivity contribution is -0.139. The Morgan fingerprint density at radius 2 is 1.70 bits per heavy atom. The van der Waals surface area contributed by atoms with Crippen LogP contribution in [0.3, 0.4) is 0 Å². The van der Waals surface area contributed by atoms with E-state index in [0.717, 1.165) is 5.56 Å². The van der Waals surface area contributed by atoms with E-state index in [2.05, 4.69) is 10.2 Å². The van der Waals surface area contributed by atoms with Crippen LogP contribution in [0.25, 0.3) is 0 Å². The Hall–Kier alpha value is -3.07. The Morgan fingerprint density at radius 3 is 2.32 bits per heavy atom. The van der Waals surface area contributed by atoms with Crippen molar-refractivity contribution in [2.24, 2.45) is 0 Å². The van der Waals surface area contributed by atoms with Crippen molar-refractivity contribution in [2.75, 3.05) is 46.4 Å². The summed E-state index contributed by atoms with van der Waals surface area (Å²) in [5.41, 5.74) is 3.30. The number of urea groups is 1. The van der Waals surface area contributed by atoms with E-state index in [1.165, 1.54) is 4.90 Å². The van der Waals surface area contributed by atoms with Crippen LogP contribution in [0.1, 0.15) is 34.5 Å². The number of aryl methyl sites for hydroxylation is 1. The summed E-state index contributed by atoms with van der Waals surface area (Å²) in [4.78, 5) is 44.4. The first-order chi connectivity index (χ1) is 17.7. The molecule has 2 aliphatic rings. The second kappa shape index (κ2) is 11.5. The van der Waals surface area contributed by atoms with E-state index in [9.17, 15) is 14.4 Å². The van der Waals surface area contributed by atoms with Gasteiger partial charge in [0.05, 0.1) is 28.3 Å². The molecule has 2 aliphatic heterocycles. The molecule has 4 rings (SSSR count). The van der Waals surface area contributed by atoms with Gasteiger partial charge in [0.25, 0.3) is 5.91 Å². The van der Waals surface area contributed by atoms with Crippen LogP contribution in [-0.2, 0) is 9.53 Å². The van der Waals surface area contributed by atoms with Gasteiger partial charge in [-0.15, -0.1) is 0 Å². The van der Waals surface area contributed by atoms with Crippen molar-refractivity contribution in [3.63, 3.8) is 0 Å². The first-order valence-electron chi connectivity index (χ1n) is 12.2. The van der Waals surface area contributed by atoms with Gasteiger partial charge in [0.1, 0.15) is 0 Å².